The molecular weight excluding hydrogens is 235 g/mol. The van der Waals surface area contributed by atoms with E-state index in [0.717, 1.165) is 0 Å². The molecule has 72 valence electrons. The molecule has 10 heteroatoms. The van der Waals surface area contributed by atoms with Gasteiger partial charge in [-0.05, 0) is 0 Å². The molecule has 0 heterocycles. The number of halogens is 2. The SMILES string of the molecule is O.O.O.O.O.[O]=[Cr](=[O])([Cl])[Cl]. The quantitative estimate of drug-likeness (QED) is 0.439. The predicted octanol–water partition coefficient (Wildman–Crippen LogP) is -2.98. The topological polar surface area (TPSA) is 192 Å². The van der Waals surface area contributed by atoms with Crippen LogP contribution in [-0.4, -0.2) is 27.4 Å². The molecular formula is H10Cl2CrO7. The zero-order valence-corrected chi connectivity index (χ0v) is 7.27. The second kappa shape index (κ2) is 16.3. The molecule has 7 nitrogen and oxygen atoms in total. The Morgan fingerprint density at radius 3 is 0.700 bits per heavy atom. The fraction of sp³-hybridized carbons (Fsp3) is 0. The van der Waals surface area contributed by atoms with E-state index in [4.69, 9.17) is 0 Å². The average molecular weight is 245 g/mol. The number of hydrogen-bond donors (Lipinski definition) is 0. The van der Waals surface area contributed by atoms with E-state index in [1.54, 1.807) is 0 Å². The fourth-order valence-corrected chi connectivity index (χ4v) is 0. The first-order chi connectivity index (χ1) is 2.00. The summed E-state index contributed by atoms with van der Waals surface area (Å²) in [4.78, 5) is 0. The van der Waals surface area contributed by atoms with Gasteiger partial charge in [0.2, 0.25) is 0 Å². The van der Waals surface area contributed by atoms with Gasteiger partial charge in [-0.3, -0.25) is 0 Å². The summed E-state index contributed by atoms with van der Waals surface area (Å²) in [6.45, 7) is 0. The summed E-state index contributed by atoms with van der Waals surface area (Å²) in [6.07, 6.45) is 0. The van der Waals surface area contributed by atoms with Crippen LogP contribution in [0.25, 0.3) is 0 Å². The summed E-state index contributed by atoms with van der Waals surface area (Å²) in [5.41, 5.74) is 0. The van der Waals surface area contributed by atoms with E-state index in [2.05, 4.69) is 20.1 Å². The van der Waals surface area contributed by atoms with Crippen LogP contribution in [0.3, 0.4) is 0 Å². The van der Waals surface area contributed by atoms with Crippen molar-refractivity contribution in [3.63, 3.8) is 0 Å². The van der Waals surface area contributed by atoms with E-state index in [1.165, 1.54) is 0 Å². The van der Waals surface area contributed by atoms with Gasteiger partial charge in [0.15, 0.2) is 0 Å². The minimum atomic E-state index is -4.31. The first-order valence-corrected chi connectivity index (χ1v) is 5.19. The summed E-state index contributed by atoms with van der Waals surface area (Å²) in [6, 6.07) is 0. The van der Waals surface area contributed by atoms with Crippen molar-refractivity contribution in [3.8, 4) is 0 Å². The first kappa shape index (κ1) is 46.7. The zero-order valence-electron chi connectivity index (χ0n) is 4.48. The van der Waals surface area contributed by atoms with Crippen LogP contribution < -0.4 is 0 Å². The second-order valence-corrected chi connectivity index (χ2v) is 5.56. The van der Waals surface area contributed by atoms with Crippen molar-refractivity contribution in [2.24, 2.45) is 0 Å². The van der Waals surface area contributed by atoms with Gasteiger partial charge in [0.25, 0.3) is 0 Å². The summed E-state index contributed by atoms with van der Waals surface area (Å²) in [7, 11) is 8.68. The van der Waals surface area contributed by atoms with Crippen molar-refractivity contribution >= 4 is 20.1 Å². The maximum atomic E-state index is 9.24. The third-order valence-corrected chi connectivity index (χ3v) is 0. The van der Waals surface area contributed by atoms with Gasteiger partial charge in [-0.25, -0.2) is 0 Å². The van der Waals surface area contributed by atoms with E-state index < -0.39 is 11.1 Å². The first-order valence-electron chi connectivity index (χ1n) is 0.642. The fourth-order valence-electron chi connectivity index (χ4n) is 0. The number of rotatable bonds is 0. The minimum absolute atomic E-state index is 0. The van der Waals surface area contributed by atoms with Crippen LogP contribution in [0.1, 0.15) is 0 Å². The standard InChI is InChI=1S/2ClH.Cr.5H2O.2O/h2*1H;;5*1H2;;/q;;+2;;;;;;;/p-2. The monoisotopic (exact) mass is 244 g/mol. The Labute approximate surface area is 66.6 Å². The Morgan fingerprint density at radius 2 is 0.700 bits per heavy atom. The molecule has 10 N–H and O–H groups in total. The molecule has 0 aliphatic carbocycles. The van der Waals surface area contributed by atoms with Crippen molar-refractivity contribution in [1.82, 2.24) is 0 Å². The van der Waals surface area contributed by atoms with Crippen LogP contribution in [0.15, 0.2) is 0 Å². The van der Waals surface area contributed by atoms with Crippen molar-refractivity contribution in [2.75, 3.05) is 0 Å². The molecule has 10 heavy (non-hydrogen) atoms. The molecule has 0 radical (unpaired) electrons. The molecule has 0 saturated heterocycles. The van der Waals surface area contributed by atoms with E-state index in [0.29, 0.717) is 0 Å². The summed E-state index contributed by atoms with van der Waals surface area (Å²) in [5, 5.41) is 0. The van der Waals surface area contributed by atoms with Crippen LogP contribution in [0, 0.1) is 0 Å². The second-order valence-electron chi connectivity index (χ2n) is 0.378. The molecule has 0 spiro atoms. The summed E-state index contributed by atoms with van der Waals surface area (Å²) < 4.78 is 18.5. The molecule has 0 atom stereocenters. The molecule has 0 fully saturated rings. The third kappa shape index (κ3) is 1830. The Morgan fingerprint density at radius 1 is 0.700 bits per heavy atom. The van der Waals surface area contributed by atoms with Crippen molar-refractivity contribution in [1.29, 1.82) is 0 Å². The van der Waals surface area contributed by atoms with Gasteiger partial charge in [0.05, 0.1) is 0 Å². The maximum absolute atomic E-state index is 9.24. The molecule has 0 aliphatic rings. The molecule has 0 aromatic heterocycles. The molecule has 0 bridgehead atoms. The van der Waals surface area contributed by atoms with Crippen molar-refractivity contribution < 1.29 is 46.1 Å². The van der Waals surface area contributed by atoms with Crippen LogP contribution in [0.5, 0.6) is 0 Å². The molecule has 0 aromatic carbocycles. The van der Waals surface area contributed by atoms with Gasteiger partial charge in [0.1, 0.15) is 0 Å². The van der Waals surface area contributed by atoms with E-state index in [9.17, 15) is 7.61 Å². The molecule has 0 rings (SSSR count). The molecule has 0 aromatic rings. The Balaban J connectivity index is -0.00000000800. The van der Waals surface area contributed by atoms with Crippen LogP contribution in [0.2, 0.25) is 0 Å². The van der Waals surface area contributed by atoms with Gasteiger partial charge in [-0.2, -0.15) is 0 Å². The Bertz CT molecular complexity index is 94.8. The van der Waals surface area contributed by atoms with Crippen molar-refractivity contribution in [3.05, 3.63) is 0 Å². The van der Waals surface area contributed by atoms with Gasteiger partial charge >= 0.3 is 38.8 Å². The van der Waals surface area contributed by atoms with Crippen LogP contribution in [0.4, 0.5) is 0 Å². The third-order valence-electron chi connectivity index (χ3n) is 0. The average Bonchev–Trinajstić information content (AvgIpc) is 0.722. The Hall–Kier alpha value is 0.512. The normalized spacial score (nSPS) is 5.80. The number of hydrogen-bond acceptors (Lipinski definition) is 2. The van der Waals surface area contributed by atoms with Gasteiger partial charge < -0.3 is 27.4 Å². The molecule has 0 saturated carbocycles. The summed E-state index contributed by atoms with van der Waals surface area (Å²) in [5.74, 6) is 0. The predicted molar refractivity (Wildman–Crippen MR) is 31.1 cm³/mol. The van der Waals surface area contributed by atoms with E-state index in [-0.39, 0.29) is 27.4 Å². The van der Waals surface area contributed by atoms with E-state index in [1.807, 2.05) is 0 Å². The summed E-state index contributed by atoms with van der Waals surface area (Å²) >= 11 is -4.31. The zero-order chi connectivity index (χ0) is 4.50. The van der Waals surface area contributed by atoms with Crippen LogP contribution >= 0.6 is 20.1 Å². The molecule has 0 unspecified atom stereocenters. The van der Waals surface area contributed by atoms with Gasteiger partial charge in [-0.15, -0.1) is 0 Å². The van der Waals surface area contributed by atoms with Gasteiger partial charge in [-0.1, -0.05) is 0 Å². The molecule has 0 amide bonds. The van der Waals surface area contributed by atoms with Crippen molar-refractivity contribution in [2.45, 2.75) is 0 Å². The molecule has 0 aliphatic heterocycles. The van der Waals surface area contributed by atoms with Crippen LogP contribution in [-0.2, 0) is 18.7 Å². The van der Waals surface area contributed by atoms with E-state index >= 15 is 0 Å². The Kier molecular flexibility index (Phi) is 75.9. The van der Waals surface area contributed by atoms with Gasteiger partial charge in [0, 0.05) is 0 Å².